The molecule has 2 amide bonds. The van der Waals surface area contributed by atoms with Crippen LogP contribution in [0.25, 0.3) is 33.3 Å². The molecule has 32 heavy (non-hydrogen) atoms. The monoisotopic (exact) mass is 446 g/mol. The van der Waals surface area contributed by atoms with Gasteiger partial charge in [-0.15, -0.1) is 11.3 Å². The number of nitrogens with two attached hydrogens (primary N) is 1. The van der Waals surface area contributed by atoms with Crippen LogP contribution in [0.4, 0.5) is 5.69 Å². The van der Waals surface area contributed by atoms with E-state index in [4.69, 9.17) is 10.3 Å². The summed E-state index contributed by atoms with van der Waals surface area (Å²) in [6, 6.07) is 8.89. The number of primary amides is 1. The zero-order valence-electron chi connectivity index (χ0n) is 17.4. The van der Waals surface area contributed by atoms with E-state index in [-0.39, 0.29) is 11.6 Å². The number of benzene rings is 1. The van der Waals surface area contributed by atoms with Gasteiger partial charge in [0.05, 0.1) is 27.9 Å². The van der Waals surface area contributed by atoms with Crippen LogP contribution in [-0.2, 0) is 0 Å². The normalized spacial score (nSPS) is 11.3. The summed E-state index contributed by atoms with van der Waals surface area (Å²) in [5, 5.41) is 14.6. The van der Waals surface area contributed by atoms with E-state index >= 15 is 0 Å². The lowest BCUT2D eigenvalue weighted by molar-refractivity contribution is 0.0995. The van der Waals surface area contributed by atoms with E-state index < -0.39 is 5.91 Å². The minimum atomic E-state index is -0.651. The van der Waals surface area contributed by atoms with Gasteiger partial charge in [-0.2, -0.15) is 5.10 Å². The predicted octanol–water partition coefficient (Wildman–Crippen LogP) is 4.10. The summed E-state index contributed by atoms with van der Waals surface area (Å²) < 4.78 is 5.39. The number of carbonyl (C=O) groups is 2. The minimum Gasteiger partial charge on any atom is -0.364 e. The van der Waals surface area contributed by atoms with Crippen LogP contribution in [-0.4, -0.2) is 32.2 Å². The third kappa shape index (κ3) is 3.21. The molecule has 5 rings (SSSR count). The fourth-order valence-electron chi connectivity index (χ4n) is 3.77. The molecule has 1 aromatic carbocycles. The Kier molecular flexibility index (Phi) is 4.52. The molecule has 5 aromatic rings. The number of aryl methyl sites for hydroxylation is 3. The summed E-state index contributed by atoms with van der Waals surface area (Å²) in [7, 11) is 0. The first kappa shape index (κ1) is 19.9. The van der Waals surface area contributed by atoms with Crippen molar-refractivity contribution < 1.29 is 14.1 Å². The number of amides is 2. The molecular formula is C22H18N6O3S. The van der Waals surface area contributed by atoms with Gasteiger partial charge in [-0.1, -0.05) is 5.16 Å². The molecule has 0 atom stereocenters. The lowest BCUT2D eigenvalue weighted by atomic mass is 10.1. The number of anilines is 1. The first-order valence-electron chi connectivity index (χ1n) is 9.75. The lowest BCUT2D eigenvalue weighted by Crippen LogP contribution is -2.14. The van der Waals surface area contributed by atoms with Crippen molar-refractivity contribution >= 4 is 50.8 Å². The Morgan fingerprint density at radius 1 is 1.16 bits per heavy atom. The second-order valence-corrected chi connectivity index (χ2v) is 8.94. The molecule has 0 unspecified atom stereocenters. The first-order valence-corrected chi connectivity index (χ1v) is 10.6. The number of hydrogen-bond acceptors (Lipinski definition) is 7. The Bertz CT molecular complexity index is 1540. The number of fused-ring (bicyclic) bond motifs is 2. The van der Waals surface area contributed by atoms with Gasteiger partial charge < -0.3 is 15.6 Å². The van der Waals surface area contributed by atoms with Crippen LogP contribution in [0.5, 0.6) is 0 Å². The lowest BCUT2D eigenvalue weighted by Gasteiger charge is -2.09. The van der Waals surface area contributed by atoms with Gasteiger partial charge in [0.15, 0.2) is 5.69 Å². The van der Waals surface area contributed by atoms with Gasteiger partial charge in [0.2, 0.25) is 0 Å². The van der Waals surface area contributed by atoms with Gasteiger partial charge in [0.1, 0.15) is 0 Å². The second kappa shape index (κ2) is 7.27. The van der Waals surface area contributed by atoms with E-state index in [9.17, 15) is 9.59 Å². The average Bonchev–Trinajstić information content (AvgIpc) is 3.43. The first-order chi connectivity index (χ1) is 15.3. The molecule has 0 aliphatic carbocycles. The van der Waals surface area contributed by atoms with Gasteiger partial charge >= 0.3 is 0 Å². The predicted molar refractivity (Wildman–Crippen MR) is 122 cm³/mol. The Labute approximate surface area is 185 Å². The molecule has 0 aliphatic rings. The molecule has 10 heteroatoms. The highest BCUT2D eigenvalue weighted by atomic mass is 32.1. The number of aromatic nitrogens is 4. The summed E-state index contributed by atoms with van der Waals surface area (Å²) in [6.07, 6.45) is 0. The number of nitrogens with one attached hydrogen (secondary N) is 2. The number of rotatable bonds is 4. The molecule has 160 valence electrons. The molecule has 4 heterocycles. The number of H-pyrrole nitrogens is 1. The van der Waals surface area contributed by atoms with Gasteiger partial charge in [0.25, 0.3) is 17.5 Å². The van der Waals surface area contributed by atoms with Crippen molar-refractivity contribution in [3.63, 3.8) is 0 Å². The molecule has 9 nitrogen and oxygen atoms in total. The Morgan fingerprint density at radius 2 is 1.97 bits per heavy atom. The third-order valence-electron chi connectivity index (χ3n) is 5.23. The van der Waals surface area contributed by atoms with Crippen molar-refractivity contribution in [2.75, 3.05) is 5.32 Å². The molecule has 0 aliphatic heterocycles. The van der Waals surface area contributed by atoms with Crippen molar-refractivity contribution in [1.29, 1.82) is 0 Å². The standard InChI is InChI=1S/C22H18N6O3S/c1-9-6-13(11(3)32-9)17-8-15(18-10(2)28-31-22(18)25-17)21(30)24-12-4-5-16-14(7-12)19(20(23)29)27-26-16/h4-8H,1-3H3,(H2,23,29)(H,24,30)(H,26,27). The third-order valence-corrected chi connectivity index (χ3v) is 6.20. The Hall–Kier alpha value is -4.05. The van der Waals surface area contributed by atoms with Crippen molar-refractivity contribution in [2.24, 2.45) is 5.73 Å². The molecule has 0 saturated carbocycles. The van der Waals surface area contributed by atoms with E-state index in [1.165, 1.54) is 0 Å². The summed E-state index contributed by atoms with van der Waals surface area (Å²) in [5.74, 6) is -1.00. The van der Waals surface area contributed by atoms with E-state index in [1.54, 1.807) is 42.5 Å². The molecule has 0 fully saturated rings. The molecule has 0 spiro atoms. The van der Waals surface area contributed by atoms with E-state index in [0.29, 0.717) is 44.6 Å². The zero-order chi connectivity index (χ0) is 22.6. The van der Waals surface area contributed by atoms with Crippen LogP contribution in [0.15, 0.2) is 34.9 Å². The van der Waals surface area contributed by atoms with Crippen LogP contribution in [0, 0.1) is 20.8 Å². The number of pyridine rings is 1. The number of aromatic amines is 1. The quantitative estimate of drug-likeness (QED) is 0.380. The highest BCUT2D eigenvalue weighted by molar-refractivity contribution is 7.12. The van der Waals surface area contributed by atoms with Gasteiger partial charge in [-0.3, -0.25) is 14.7 Å². The fourth-order valence-corrected chi connectivity index (χ4v) is 4.71. The summed E-state index contributed by atoms with van der Waals surface area (Å²) in [4.78, 5) is 31.8. The van der Waals surface area contributed by atoms with Crippen molar-refractivity contribution in [3.05, 3.63) is 57.0 Å². The molecule has 0 saturated heterocycles. The van der Waals surface area contributed by atoms with E-state index in [2.05, 4.69) is 25.7 Å². The zero-order valence-corrected chi connectivity index (χ0v) is 18.3. The van der Waals surface area contributed by atoms with Gasteiger partial charge in [-0.05, 0) is 51.1 Å². The maximum Gasteiger partial charge on any atom is 0.269 e. The van der Waals surface area contributed by atoms with Crippen LogP contribution in [0.3, 0.4) is 0 Å². The second-order valence-electron chi connectivity index (χ2n) is 7.48. The number of carbonyl (C=O) groups excluding carboxylic acids is 2. The summed E-state index contributed by atoms with van der Waals surface area (Å²) in [6.45, 7) is 5.81. The minimum absolute atomic E-state index is 0.114. The van der Waals surface area contributed by atoms with Crippen LogP contribution in [0.2, 0.25) is 0 Å². The van der Waals surface area contributed by atoms with E-state index in [1.807, 2.05) is 19.9 Å². The SMILES string of the molecule is Cc1cc(-c2cc(C(=O)Nc3ccc4[nH]nc(C(N)=O)c4c3)c3c(C)noc3n2)c(C)s1. The highest BCUT2D eigenvalue weighted by Crippen LogP contribution is 2.33. The summed E-state index contributed by atoms with van der Waals surface area (Å²) in [5.41, 5.74) is 9.50. The molecule has 4 aromatic heterocycles. The molecular weight excluding hydrogens is 428 g/mol. The number of hydrogen-bond donors (Lipinski definition) is 3. The van der Waals surface area contributed by atoms with Gasteiger partial charge in [-0.25, -0.2) is 4.98 Å². The Balaban J connectivity index is 1.59. The molecule has 0 bridgehead atoms. The average molecular weight is 446 g/mol. The topological polar surface area (TPSA) is 140 Å². The maximum absolute atomic E-state index is 13.3. The van der Waals surface area contributed by atoms with E-state index in [0.717, 1.165) is 15.3 Å². The fraction of sp³-hybridized carbons (Fsp3) is 0.136. The van der Waals surface area contributed by atoms with Crippen molar-refractivity contribution in [1.82, 2.24) is 20.3 Å². The Morgan fingerprint density at radius 3 is 2.69 bits per heavy atom. The van der Waals surface area contributed by atoms with Crippen LogP contribution >= 0.6 is 11.3 Å². The highest BCUT2D eigenvalue weighted by Gasteiger charge is 2.21. The van der Waals surface area contributed by atoms with Gasteiger partial charge in [0, 0.05) is 26.4 Å². The summed E-state index contributed by atoms with van der Waals surface area (Å²) >= 11 is 1.66. The smallest absolute Gasteiger partial charge is 0.269 e. The van der Waals surface area contributed by atoms with Crippen LogP contribution in [0.1, 0.15) is 36.3 Å². The number of thiophene rings is 1. The van der Waals surface area contributed by atoms with Crippen molar-refractivity contribution in [2.45, 2.75) is 20.8 Å². The van der Waals surface area contributed by atoms with Crippen molar-refractivity contribution in [3.8, 4) is 11.3 Å². The maximum atomic E-state index is 13.3. The molecule has 4 N–H and O–H groups in total. The van der Waals surface area contributed by atoms with Crippen LogP contribution < -0.4 is 11.1 Å². The number of nitrogens with zero attached hydrogens (tertiary/aromatic N) is 3. The largest absolute Gasteiger partial charge is 0.364 e. The molecule has 0 radical (unpaired) electrons.